The van der Waals surface area contributed by atoms with Crippen molar-refractivity contribution in [1.82, 2.24) is 29.7 Å². The minimum atomic E-state index is -0.0627. The molecule has 0 radical (unpaired) electrons. The Morgan fingerprint density at radius 3 is 2.27 bits per heavy atom. The van der Waals surface area contributed by atoms with E-state index in [2.05, 4.69) is 19.9 Å². The molecule has 2 aromatic heterocycles. The molecule has 0 saturated carbocycles. The largest absolute Gasteiger partial charge is 0.338 e. The molecule has 0 unspecified atom stereocenters. The van der Waals surface area contributed by atoms with Gasteiger partial charge in [-0.05, 0) is 18.6 Å². The maximum atomic E-state index is 13.3. The molecule has 0 bridgehead atoms. The predicted octanol–water partition coefficient (Wildman–Crippen LogP) is 4.20. The van der Waals surface area contributed by atoms with Crippen LogP contribution in [0.25, 0.3) is 33.4 Å². The Balaban J connectivity index is 1.15. The van der Waals surface area contributed by atoms with Crippen molar-refractivity contribution < 1.29 is 4.52 Å². The van der Waals surface area contributed by atoms with Crippen molar-refractivity contribution in [2.24, 2.45) is 0 Å². The predicted molar refractivity (Wildman–Crippen MR) is 143 cm³/mol. The van der Waals surface area contributed by atoms with Crippen LogP contribution in [0.3, 0.4) is 0 Å². The van der Waals surface area contributed by atoms with E-state index in [0.29, 0.717) is 30.3 Å². The summed E-state index contributed by atoms with van der Waals surface area (Å²) in [6.45, 7) is 6.43. The van der Waals surface area contributed by atoms with Crippen LogP contribution in [-0.2, 0) is 13.2 Å². The first-order chi connectivity index (χ1) is 18.2. The SMILES string of the molecule is Cc1ccccc1-c1noc(CN2CCN(Cn3nc(-c4ccccc4)c4ccccc4c3=O)CC2)n1. The van der Waals surface area contributed by atoms with Gasteiger partial charge in [0.15, 0.2) is 0 Å². The fourth-order valence-corrected chi connectivity index (χ4v) is 4.86. The Morgan fingerprint density at radius 1 is 0.811 bits per heavy atom. The van der Waals surface area contributed by atoms with E-state index in [-0.39, 0.29) is 5.56 Å². The molecule has 3 heterocycles. The van der Waals surface area contributed by atoms with Crippen molar-refractivity contribution in [2.75, 3.05) is 26.2 Å². The Labute approximate surface area is 214 Å². The summed E-state index contributed by atoms with van der Waals surface area (Å²) in [5.74, 6) is 1.24. The molecule has 1 fully saturated rings. The van der Waals surface area contributed by atoms with Crippen molar-refractivity contribution in [2.45, 2.75) is 20.1 Å². The number of aryl methyl sites for hydroxylation is 1. The molecule has 0 spiro atoms. The number of hydrogen-bond donors (Lipinski definition) is 0. The number of benzene rings is 3. The summed E-state index contributed by atoms with van der Waals surface area (Å²) in [5.41, 5.74) is 3.88. The first-order valence-electron chi connectivity index (χ1n) is 12.5. The average Bonchev–Trinajstić information content (AvgIpc) is 3.40. The molecule has 0 N–H and O–H groups in total. The van der Waals surface area contributed by atoms with E-state index in [1.54, 1.807) is 4.68 Å². The van der Waals surface area contributed by atoms with Crippen LogP contribution in [0.15, 0.2) is 88.2 Å². The number of rotatable bonds is 6. The van der Waals surface area contributed by atoms with Gasteiger partial charge in [-0.25, -0.2) is 4.68 Å². The second-order valence-corrected chi connectivity index (χ2v) is 9.43. The number of hydrogen-bond acceptors (Lipinski definition) is 7. The Kier molecular flexibility index (Phi) is 6.34. The Morgan fingerprint density at radius 2 is 1.49 bits per heavy atom. The highest BCUT2D eigenvalue weighted by molar-refractivity contribution is 5.93. The lowest BCUT2D eigenvalue weighted by atomic mass is 10.1. The average molecular weight is 493 g/mol. The van der Waals surface area contributed by atoms with Gasteiger partial charge in [0.25, 0.3) is 5.56 Å². The molecule has 0 amide bonds. The van der Waals surface area contributed by atoms with E-state index < -0.39 is 0 Å². The molecule has 8 nitrogen and oxygen atoms in total. The zero-order chi connectivity index (χ0) is 25.2. The van der Waals surface area contributed by atoms with Crippen LogP contribution < -0.4 is 5.56 Å². The summed E-state index contributed by atoms with van der Waals surface area (Å²) in [7, 11) is 0. The van der Waals surface area contributed by atoms with Crippen molar-refractivity contribution >= 4 is 10.8 Å². The molecule has 0 atom stereocenters. The van der Waals surface area contributed by atoms with Crippen molar-refractivity contribution in [3.63, 3.8) is 0 Å². The van der Waals surface area contributed by atoms with Gasteiger partial charge >= 0.3 is 0 Å². The van der Waals surface area contributed by atoms with Crippen molar-refractivity contribution in [1.29, 1.82) is 0 Å². The summed E-state index contributed by atoms with van der Waals surface area (Å²) in [4.78, 5) is 22.5. The minimum absolute atomic E-state index is 0.0627. The van der Waals surface area contributed by atoms with Gasteiger partial charge in [-0.15, -0.1) is 0 Å². The van der Waals surface area contributed by atoms with Gasteiger partial charge in [0.2, 0.25) is 11.7 Å². The number of nitrogens with zero attached hydrogens (tertiary/aromatic N) is 6. The lowest BCUT2D eigenvalue weighted by Crippen LogP contribution is -2.47. The summed E-state index contributed by atoms with van der Waals surface area (Å²) >= 11 is 0. The lowest BCUT2D eigenvalue weighted by molar-refractivity contribution is 0.0902. The third-order valence-electron chi connectivity index (χ3n) is 6.93. The van der Waals surface area contributed by atoms with E-state index in [9.17, 15) is 4.79 Å². The zero-order valence-corrected chi connectivity index (χ0v) is 20.7. The monoisotopic (exact) mass is 492 g/mol. The highest BCUT2D eigenvalue weighted by atomic mass is 16.5. The summed E-state index contributed by atoms with van der Waals surface area (Å²) in [6, 6.07) is 25.8. The molecule has 1 aliphatic rings. The number of piperazine rings is 1. The smallest absolute Gasteiger partial charge is 0.275 e. The van der Waals surface area contributed by atoms with Gasteiger partial charge in [-0.1, -0.05) is 78.0 Å². The quantitative estimate of drug-likeness (QED) is 0.351. The summed E-state index contributed by atoms with van der Waals surface area (Å²) < 4.78 is 7.14. The number of aromatic nitrogens is 4. The molecule has 1 saturated heterocycles. The minimum Gasteiger partial charge on any atom is -0.338 e. The summed E-state index contributed by atoms with van der Waals surface area (Å²) in [5, 5.41) is 10.6. The fraction of sp³-hybridized carbons (Fsp3) is 0.241. The molecule has 186 valence electrons. The van der Waals surface area contributed by atoms with Gasteiger partial charge in [0.1, 0.15) is 0 Å². The van der Waals surface area contributed by atoms with Crippen LogP contribution in [-0.4, -0.2) is 55.9 Å². The lowest BCUT2D eigenvalue weighted by Gasteiger charge is -2.33. The maximum absolute atomic E-state index is 13.3. The molecule has 37 heavy (non-hydrogen) atoms. The van der Waals surface area contributed by atoms with Gasteiger partial charge in [-0.3, -0.25) is 14.6 Å². The third-order valence-corrected chi connectivity index (χ3v) is 6.93. The van der Waals surface area contributed by atoms with E-state index in [4.69, 9.17) is 9.62 Å². The van der Waals surface area contributed by atoms with E-state index in [1.165, 1.54) is 0 Å². The first-order valence-corrected chi connectivity index (χ1v) is 12.5. The van der Waals surface area contributed by atoms with Gasteiger partial charge in [-0.2, -0.15) is 10.1 Å². The molecule has 0 aliphatic carbocycles. The summed E-state index contributed by atoms with van der Waals surface area (Å²) in [6.07, 6.45) is 0. The highest BCUT2D eigenvalue weighted by Gasteiger charge is 2.21. The van der Waals surface area contributed by atoms with Crippen molar-refractivity contribution in [3.8, 4) is 22.6 Å². The standard InChI is InChI=1S/C29H28N6O2/c1-21-9-5-6-12-23(21)28-30-26(37-32-28)19-33-15-17-34(18-16-33)20-35-29(36)25-14-8-7-13-24(25)27(31-35)22-10-3-2-4-11-22/h2-14H,15-20H2,1H3. The second kappa shape index (κ2) is 10.1. The van der Waals surface area contributed by atoms with Crippen molar-refractivity contribution in [3.05, 3.63) is 101 Å². The van der Waals surface area contributed by atoms with Gasteiger partial charge in [0.05, 0.1) is 24.3 Å². The Hall–Kier alpha value is -4.14. The van der Waals surface area contributed by atoms with Crippen LogP contribution in [0.4, 0.5) is 0 Å². The van der Waals surface area contributed by atoms with Gasteiger partial charge < -0.3 is 4.52 Å². The molecule has 3 aromatic carbocycles. The Bertz CT molecular complexity index is 1590. The van der Waals surface area contributed by atoms with Crippen LogP contribution in [0.1, 0.15) is 11.5 Å². The normalized spacial score (nSPS) is 14.8. The molecular formula is C29H28N6O2. The van der Waals surface area contributed by atoms with Crippen LogP contribution >= 0.6 is 0 Å². The highest BCUT2D eigenvalue weighted by Crippen LogP contribution is 2.24. The second-order valence-electron chi connectivity index (χ2n) is 9.43. The van der Waals surface area contributed by atoms with E-state index >= 15 is 0 Å². The van der Waals surface area contributed by atoms with Gasteiger partial charge in [0, 0.05) is 42.7 Å². The molecule has 8 heteroatoms. The van der Waals surface area contributed by atoms with Crippen LogP contribution in [0, 0.1) is 6.92 Å². The number of fused-ring (bicyclic) bond motifs is 1. The van der Waals surface area contributed by atoms with Crippen LogP contribution in [0.5, 0.6) is 0 Å². The van der Waals surface area contributed by atoms with E-state index in [0.717, 1.165) is 53.9 Å². The van der Waals surface area contributed by atoms with E-state index in [1.807, 2.05) is 85.8 Å². The maximum Gasteiger partial charge on any atom is 0.275 e. The fourth-order valence-electron chi connectivity index (χ4n) is 4.86. The third kappa shape index (κ3) is 4.81. The topological polar surface area (TPSA) is 80.3 Å². The molecular weight excluding hydrogens is 464 g/mol. The molecule has 6 rings (SSSR count). The zero-order valence-electron chi connectivity index (χ0n) is 20.7. The molecule has 1 aliphatic heterocycles. The molecule has 5 aromatic rings. The first kappa shape index (κ1) is 23.3. The van der Waals surface area contributed by atoms with Crippen LogP contribution in [0.2, 0.25) is 0 Å².